The first-order valence-corrected chi connectivity index (χ1v) is 6.63. The molecule has 4 heteroatoms. The first kappa shape index (κ1) is 12.4. The van der Waals surface area contributed by atoms with Gasteiger partial charge in [0.05, 0.1) is 11.2 Å². The van der Waals surface area contributed by atoms with Crippen LogP contribution in [0.2, 0.25) is 10.3 Å². The standard InChI is InChI=1S/C15H10Cl2N2/c16-11-7-5-10(6-8-11)9-14-12-3-1-2-4-13(12)18-15(17)19-14/h1-8H,9H2. The molecule has 2 nitrogen and oxygen atoms in total. The van der Waals surface area contributed by atoms with Crippen molar-refractivity contribution in [2.24, 2.45) is 0 Å². The van der Waals surface area contributed by atoms with Crippen LogP contribution in [0.25, 0.3) is 10.9 Å². The van der Waals surface area contributed by atoms with Crippen molar-refractivity contribution in [2.45, 2.75) is 6.42 Å². The molecule has 0 amide bonds. The lowest BCUT2D eigenvalue weighted by Gasteiger charge is -2.06. The first-order valence-electron chi connectivity index (χ1n) is 5.88. The molecule has 1 heterocycles. The maximum absolute atomic E-state index is 5.97. The van der Waals surface area contributed by atoms with Crippen LogP contribution in [0.15, 0.2) is 48.5 Å². The Balaban J connectivity index is 2.07. The molecule has 0 radical (unpaired) electrons. The number of hydrogen-bond donors (Lipinski definition) is 0. The van der Waals surface area contributed by atoms with Crippen molar-refractivity contribution in [1.29, 1.82) is 0 Å². The summed E-state index contributed by atoms with van der Waals surface area (Å²) in [5, 5.41) is 2.04. The Hall–Kier alpha value is -1.64. The van der Waals surface area contributed by atoms with Gasteiger partial charge in [0, 0.05) is 16.8 Å². The molecule has 0 bridgehead atoms. The molecule has 94 valence electrons. The van der Waals surface area contributed by atoms with E-state index in [4.69, 9.17) is 23.2 Å². The zero-order valence-corrected chi connectivity index (χ0v) is 11.5. The predicted octanol–water partition coefficient (Wildman–Crippen LogP) is 4.53. The third-order valence-electron chi connectivity index (χ3n) is 2.94. The number of hydrogen-bond acceptors (Lipinski definition) is 2. The zero-order valence-electron chi connectivity index (χ0n) is 9.98. The zero-order chi connectivity index (χ0) is 13.2. The van der Waals surface area contributed by atoms with E-state index in [-0.39, 0.29) is 5.28 Å². The van der Waals surface area contributed by atoms with Gasteiger partial charge in [0.15, 0.2) is 0 Å². The Bertz CT molecular complexity index is 724. The second kappa shape index (κ2) is 5.16. The first-order chi connectivity index (χ1) is 9.22. The number of rotatable bonds is 2. The molecular formula is C15H10Cl2N2. The van der Waals surface area contributed by atoms with Crippen molar-refractivity contribution < 1.29 is 0 Å². The molecule has 2 aromatic carbocycles. The van der Waals surface area contributed by atoms with Crippen LogP contribution in [-0.2, 0) is 6.42 Å². The van der Waals surface area contributed by atoms with Gasteiger partial charge in [-0.2, -0.15) is 0 Å². The van der Waals surface area contributed by atoms with Gasteiger partial charge in [-0.15, -0.1) is 0 Å². The largest absolute Gasteiger partial charge is 0.223 e. The molecular weight excluding hydrogens is 279 g/mol. The minimum Gasteiger partial charge on any atom is -0.222 e. The van der Waals surface area contributed by atoms with E-state index in [1.54, 1.807) is 0 Å². The highest BCUT2D eigenvalue weighted by Gasteiger charge is 2.07. The van der Waals surface area contributed by atoms with Crippen molar-refractivity contribution in [2.75, 3.05) is 0 Å². The quantitative estimate of drug-likeness (QED) is 0.648. The van der Waals surface area contributed by atoms with Gasteiger partial charge in [-0.25, -0.2) is 9.97 Å². The van der Waals surface area contributed by atoms with Crippen molar-refractivity contribution in [3.05, 3.63) is 70.1 Å². The van der Waals surface area contributed by atoms with Crippen molar-refractivity contribution in [3.63, 3.8) is 0 Å². The van der Waals surface area contributed by atoms with Crippen LogP contribution in [0, 0.1) is 0 Å². The molecule has 0 aliphatic carbocycles. The minimum absolute atomic E-state index is 0.280. The fourth-order valence-electron chi connectivity index (χ4n) is 2.04. The highest BCUT2D eigenvalue weighted by molar-refractivity contribution is 6.30. The molecule has 0 atom stereocenters. The maximum atomic E-state index is 5.97. The van der Waals surface area contributed by atoms with Crippen LogP contribution in [0.5, 0.6) is 0 Å². The molecule has 0 spiro atoms. The molecule has 0 aliphatic heterocycles. The topological polar surface area (TPSA) is 25.8 Å². The molecule has 0 saturated carbocycles. The van der Waals surface area contributed by atoms with Crippen LogP contribution in [0.4, 0.5) is 0 Å². The van der Waals surface area contributed by atoms with E-state index in [2.05, 4.69) is 9.97 Å². The lowest BCUT2D eigenvalue weighted by molar-refractivity contribution is 1.06. The third-order valence-corrected chi connectivity index (χ3v) is 3.36. The summed E-state index contributed by atoms with van der Waals surface area (Å²) in [7, 11) is 0. The second-order valence-electron chi connectivity index (χ2n) is 4.26. The van der Waals surface area contributed by atoms with E-state index in [0.717, 1.165) is 27.2 Å². The number of fused-ring (bicyclic) bond motifs is 1. The van der Waals surface area contributed by atoms with Gasteiger partial charge in [-0.05, 0) is 35.4 Å². The number of nitrogens with zero attached hydrogens (tertiary/aromatic N) is 2. The maximum Gasteiger partial charge on any atom is 0.223 e. The number of halogens is 2. The summed E-state index contributed by atoms with van der Waals surface area (Å²) in [6.07, 6.45) is 0.708. The van der Waals surface area contributed by atoms with Crippen molar-refractivity contribution >= 4 is 34.1 Å². The van der Waals surface area contributed by atoms with E-state index in [1.807, 2.05) is 48.5 Å². The summed E-state index contributed by atoms with van der Waals surface area (Å²) in [6, 6.07) is 15.6. The monoisotopic (exact) mass is 288 g/mol. The van der Waals surface area contributed by atoms with Crippen molar-refractivity contribution in [1.82, 2.24) is 9.97 Å². The van der Waals surface area contributed by atoms with E-state index in [9.17, 15) is 0 Å². The van der Waals surface area contributed by atoms with Gasteiger partial charge in [0.2, 0.25) is 5.28 Å². The third kappa shape index (κ3) is 2.70. The normalized spacial score (nSPS) is 10.8. The Kier molecular flexibility index (Phi) is 3.36. The fourth-order valence-corrected chi connectivity index (χ4v) is 2.36. The predicted molar refractivity (Wildman–Crippen MR) is 78.8 cm³/mol. The van der Waals surface area contributed by atoms with Gasteiger partial charge in [-0.1, -0.05) is 41.9 Å². The van der Waals surface area contributed by atoms with E-state index in [0.29, 0.717) is 6.42 Å². The summed E-state index contributed by atoms with van der Waals surface area (Å²) in [4.78, 5) is 8.57. The molecule has 0 unspecified atom stereocenters. The highest BCUT2D eigenvalue weighted by atomic mass is 35.5. The Labute approximate surface area is 121 Å². The SMILES string of the molecule is Clc1ccc(Cc2nc(Cl)nc3ccccc23)cc1. The van der Waals surface area contributed by atoms with E-state index < -0.39 is 0 Å². The summed E-state index contributed by atoms with van der Waals surface area (Å²) in [5.74, 6) is 0. The van der Waals surface area contributed by atoms with E-state index >= 15 is 0 Å². The molecule has 19 heavy (non-hydrogen) atoms. The van der Waals surface area contributed by atoms with Gasteiger partial charge in [0.1, 0.15) is 0 Å². The fraction of sp³-hybridized carbons (Fsp3) is 0.0667. The molecule has 3 rings (SSSR count). The van der Waals surface area contributed by atoms with Gasteiger partial charge >= 0.3 is 0 Å². The molecule has 0 saturated heterocycles. The lowest BCUT2D eigenvalue weighted by atomic mass is 10.1. The van der Waals surface area contributed by atoms with Gasteiger partial charge < -0.3 is 0 Å². The second-order valence-corrected chi connectivity index (χ2v) is 5.03. The Morgan fingerprint density at radius 1 is 0.842 bits per heavy atom. The van der Waals surface area contributed by atoms with Crippen LogP contribution in [0.3, 0.4) is 0 Å². The molecule has 0 aliphatic rings. The number of aromatic nitrogens is 2. The lowest BCUT2D eigenvalue weighted by Crippen LogP contribution is -1.96. The van der Waals surface area contributed by atoms with Crippen molar-refractivity contribution in [3.8, 4) is 0 Å². The molecule has 1 aromatic heterocycles. The minimum atomic E-state index is 0.280. The summed E-state index contributed by atoms with van der Waals surface area (Å²) < 4.78 is 0. The van der Waals surface area contributed by atoms with Crippen LogP contribution in [0.1, 0.15) is 11.3 Å². The highest BCUT2D eigenvalue weighted by Crippen LogP contribution is 2.21. The van der Waals surface area contributed by atoms with E-state index in [1.165, 1.54) is 0 Å². The molecule has 0 fully saturated rings. The Morgan fingerprint density at radius 2 is 1.58 bits per heavy atom. The molecule has 0 N–H and O–H groups in total. The number of benzene rings is 2. The Morgan fingerprint density at radius 3 is 2.37 bits per heavy atom. The average Bonchev–Trinajstić information content (AvgIpc) is 2.41. The van der Waals surface area contributed by atoms with Gasteiger partial charge in [0.25, 0.3) is 0 Å². The average molecular weight is 289 g/mol. The smallest absolute Gasteiger partial charge is 0.222 e. The summed E-state index contributed by atoms with van der Waals surface area (Å²) in [6.45, 7) is 0. The summed E-state index contributed by atoms with van der Waals surface area (Å²) in [5.41, 5.74) is 2.94. The van der Waals surface area contributed by atoms with Crippen LogP contribution < -0.4 is 0 Å². The van der Waals surface area contributed by atoms with Crippen LogP contribution >= 0.6 is 23.2 Å². The van der Waals surface area contributed by atoms with Crippen LogP contribution in [-0.4, -0.2) is 9.97 Å². The van der Waals surface area contributed by atoms with Gasteiger partial charge in [-0.3, -0.25) is 0 Å². The number of para-hydroxylation sites is 1. The summed E-state index contributed by atoms with van der Waals surface area (Å²) >= 11 is 11.9. The molecule has 3 aromatic rings.